The molecule has 0 bridgehead atoms. The van der Waals surface area contributed by atoms with E-state index >= 15 is 0 Å². The van der Waals surface area contributed by atoms with Crippen LogP contribution in [0.15, 0.2) is 17.3 Å². The van der Waals surface area contributed by atoms with E-state index in [2.05, 4.69) is 68.7 Å². The minimum atomic E-state index is -1.01. The summed E-state index contributed by atoms with van der Waals surface area (Å²) < 4.78 is 1.35. The number of hydrogen-bond donors (Lipinski definition) is 0. The van der Waals surface area contributed by atoms with Crippen molar-refractivity contribution < 1.29 is 41.8 Å². The summed E-state index contributed by atoms with van der Waals surface area (Å²) in [6.45, 7) is 11.2. The molecule has 0 atom stereocenters. The molecule has 0 aromatic rings. The average molecular weight is 301 g/mol. The van der Waals surface area contributed by atoms with Crippen molar-refractivity contribution >= 4 is 12.3 Å². The van der Waals surface area contributed by atoms with Crippen LogP contribution in [0.5, 0.6) is 0 Å². The average Bonchev–Trinajstić information content (AvgIpc) is 2.31. The third kappa shape index (κ3) is 12.7. The topological polar surface area (TPSA) is 0 Å². The summed E-state index contributed by atoms with van der Waals surface area (Å²) in [4.78, 5) is 0. The van der Waals surface area contributed by atoms with Crippen molar-refractivity contribution in [3.63, 3.8) is 0 Å². The van der Waals surface area contributed by atoms with Gasteiger partial charge < -0.3 is 24.8 Å². The molecule has 1 aliphatic carbocycles. The van der Waals surface area contributed by atoms with E-state index in [0.29, 0.717) is 0 Å². The number of halogens is 2. The van der Waals surface area contributed by atoms with Gasteiger partial charge in [0.15, 0.2) is 0 Å². The van der Waals surface area contributed by atoms with Gasteiger partial charge in [-0.3, -0.25) is 6.08 Å². The molecule has 0 unspecified atom stereocenters. The summed E-state index contributed by atoms with van der Waals surface area (Å²) in [6.07, 6.45) is 8.82. The fourth-order valence-electron chi connectivity index (χ4n) is 0.920. The summed E-state index contributed by atoms with van der Waals surface area (Å²) in [7, 11) is -1.01. The van der Waals surface area contributed by atoms with Crippen molar-refractivity contribution in [1.29, 1.82) is 0 Å². The third-order valence-corrected chi connectivity index (χ3v) is 3.46. The van der Waals surface area contributed by atoms with Crippen LogP contribution in [0.25, 0.3) is 0 Å². The van der Waals surface area contributed by atoms with Crippen LogP contribution >= 0.6 is 0 Å². The van der Waals surface area contributed by atoms with E-state index in [9.17, 15) is 0 Å². The zero-order valence-corrected chi connectivity index (χ0v) is 14.0. The molecule has 0 saturated carbocycles. The maximum atomic E-state index is 3.36. The van der Waals surface area contributed by atoms with Gasteiger partial charge >= 0.3 is 35.1 Å². The van der Waals surface area contributed by atoms with Crippen molar-refractivity contribution in [3.8, 4) is 0 Å². The summed E-state index contributed by atoms with van der Waals surface area (Å²) >= 11 is 2.45. The molecule has 1 aliphatic rings. The van der Waals surface area contributed by atoms with Gasteiger partial charge in [-0.2, -0.15) is 6.08 Å². The smallest absolute Gasteiger partial charge is 0.0393 e. The summed E-state index contributed by atoms with van der Waals surface area (Å²) in [5.74, 6) is 0. The van der Waals surface area contributed by atoms with Crippen LogP contribution in [-0.2, 0) is 17.0 Å². The predicted octanol–water partition coefficient (Wildman–Crippen LogP) is -2.69. The second kappa shape index (κ2) is 9.92. The van der Waals surface area contributed by atoms with Gasteiger partial charge in [0, 0.05) is 8.07 Å². The first-order valence-corrected chi connectivity index (χ1v) is 8.81. The van der Waals surface area contributed by atoms with E-state index in [-0.39, 0.29) is 24.8 Å². The van der Waals surface area contributed by atoms with Crippen LogP contribution in [0, 0.1) is 6.08 Å². The Kier molecular flexibility index (Phi) is 13.9. The summed E-state index contributed by atoms with van der Waals surface area (Å²) in [5, 5.41) is 1.49. The Labute approximate surface area is 117 Å². The first-order valence-electron chi connectivity index (χ1n) is 4.61. The van der Waals surface area contributed by atoms with Gasteiger partial charge in [-0.05, 0) is 0 Å². The fraction of sp³-hybridized carbons (Fsp3) is 0.545. The predicted molar refractivity (Wildman–Crippen MR) is 60.2 cm³/mol. The van der Waals surface area contributed by atoms with Gasteiger partial charge in [-0.1, -0.05) is 19.6 Å². The van der Waals surface area contributed by atoms with E-state index in [1.807, 2.05) is 0 Å². The van der Waals surface area contributed by atoms with Crippen LogP contribution in [-0.4, -0.2) is 12.3 Å². The molecule has 0 heterocycles. The van der Waals surface area contributed by atoms with Gasteiger partial charge in [0.25, 0.3) is 0 Å². The quantitative estimate of drug-likeness (QED) is 0.365. The molecular formula is C11H19Cl2SiV-. The van der Waals surface area contributed by atoms with E-state index in [4.69, 9.17) is 0 Å². The largest absolute Gasteiger partial charge is 1.00 e. The fourth-order valence-corrected chi connectivity index (χ4v) is 2.17. The van der Waals surface area contributed by atoms with Crippen LogP contribution in [0.4, 0.5) is 0 Å². The van der Waals surface area contributed by atoms with Crippen LogP contribution < -0.4 is 24.8 Å². The Morgan fingerprint density at radius 2 is 1.67 bits per heavy atom. The molecule has 0 N–H and O–H groups in total. The first-order chi connectivity index (χ1) is 5.84. The molecule has 0 aliphatic heterocycles. The molecule has 15 heavy (non-hydrogen) atoms. The Balaban J connectivity index is -0.000000213. The zero-order chi connectivity index (χ0) is 10.5. The zero-order valence-electron chi connectivity index (χ0n) is 10.1. The second-order valence-corrected chi connectivity index (χ2v) is 10.8. The molecule has 0 saturated heterocycles. The molecule has 0 amide bonds. The Hall–Kier alpha value is 0.731. The Bertz CT molecular complexity index is 235. The first kappa shape index (κ1) is 21.1. The molecule has 0 spiro atoms. The van der Waals surface area contributed by atoms with Gasteiger partial charge in [0.2, 0.25) is 0 Å². The van der Waals surface area contributed by atoms with E-state index in [0.717, 1.165) is 6.42 Å². The van der Waals surface area contributed by atoms with Crippen LogP contribution in [0.1, 0.15) is 20.3 Å². The number of allylic oxidation sites excluding steroid dienone is 4. The molecule has 4 heteroatoms. The Morgan fingerprint density at radius 1 is 1.27 bits per heavy atom. The van der Waals surface area contributed by atoms with Crippen molar-refractivity contribution in [2.24, 2.45) is 0 Å². The molecule has 87 valence electrons. The maximum Gasteiger partial charge on any atom is 0.0393 e. The van der Waals surface area contributed by atoms with Crippen LogP contribution in [0.3, 0.4) is 0 Å². The minimum absolute atomic E-state index is 0. The van der Waals surface area contributed by atoms with Crippen molar-refractivity contribution in [2.45, 2.75) is 39.9 Å². The van der Waals surface area contributed by atoms with E-state index in [1.165, 1.54) is 9.42 Å². The molecule has 1 rings (SSSR count). The number of hydrogen-bond acceptors (Lipinski definition) is 0. The minimum Gasteiger partial charge on any atom is -1.00 e. The second-order valence-electron chi connectivity index (χ2n) is 4.39. The normalized spacial score (nSPS) is 12.9. The standard InChI is InChI=1S/C8H13Si.C3H6.2ClH.V/c1-9(2,3)8-6-4-5-7-8;1-3-2;;;/h4,6H,5H2,1-3H3;1-2H3;2*1H;/q-1;;;;+2/p-2. The molecular weight excluding hydrogens is 282 g/mol. The van der Waals surface area contributed by atoms with E-state index in [1.54, 1.807) is 0 Å². The van der Waals surface area contributed by atoms with Gasteiger partial charge in [-0.15, -0.1) is 6.42 Å². The SMILES string of the molecule is C[C](C)=[V+2].C[Si](C)(C)C1=[C-]CC=C1.[Cl-].[Cl-]. The third-order valence-electron chi connectivity index (χ3n) is 1.50. The van der Waals surface area contributed by atoms with Gasteiger partial charge in [-0.25, -0.2) is 11.3 Å². The molecule has 0 nitrogen and oxygen atoms in total. The molecule has 0 aromatic carbocycles. The van der Waals surface area contributed by atoms with Gasteiger partial charge in [0.05, 0.1) is 0 Å². The molecule has 0 radical (unpaired) electrons. The number of rotatable bonds is 1. The van der Waals surface area contributed by atoms with E-state index < -0.39 is 8.07 Å². The van der Waals surface area contributed by atoms with Crippen LogP contribution in [0.2, 0.25) is 19.6 Å². The summed E-state index contributed by atoms with van der Waals surface area (Å²) in [6, 6.07) is 0. The summed E-state index contributed by atoms with van der Waals surface area (Å²) in [5.41, 5.74) is 0. The monoisotopic (exact) mass is 300 g/mol. The Morgan fingerprint density at radius 3 is 1.80 bits per heavy atom. The molecule has 0 fully saturated rings. The molecule has 0 aromatic heterocycles. The maximum absolute atomic E-state index is 3.36. The van der Waals surface area contributed by atoms with Gasteiger partial charge in [0.1, 0.15) is 0 Å². The van der Waals surface area contributed by atoms with Crippen molar-refractivity contribution in [2.75, 3.05) is 0 Å². The van der Waals surface area contributed by atoms with Crippen molar-refractivity contribution in [3.05, 3.63) is 23.4 Å². The van der Waals surface area contributed by atoms with Crippen molar-refractivity contribution in [1.82, 2.24) is 0 Å².